The van der Waals surface area contributed by atoms with Gasteiger partial charge >= 0.3 is 12.2 Å². The summed E-state index contributed by atoms with van der Waals surface area (Å²) in [6, 6.07) is 9.64. The van der Waals surface area contributed by atoms with Crippen LogP contribution in [0.2, 0.25) is 0 Å². The largest absolute Gasteiger partial charge is 0.418 e. The summed E-state index contributed by atoms with van der Waals surface area (Å²) in [6.45, 7) is 0.0672. The fourth-order valence-electron chi connectivity index (χ4n) is 2.03. The predicted molar refractivity (Wildman–Crippen MR) is 78.3 cm³/mol. The van der Waals surface area contributed by atoms with Crippen molar-refractivity contribution in [2.75, 3.05) is 12.4 Å². The highest BCUT2D eigenvalue weighted by atomic mass is 19.4. The van der Waals surface area contributed by atoms with Gasteiger partial charge in [-0.1, -0.05) is 24.3 Å². The maximum Gasteiger partial charge on any atom is 0.418 e. The van der Waals surface area contributed by atoms with Crippen molar-refractivity contribution in [3.05, 3.63) is 65.5 Å². The van der Waals surface area contributed by atoms with Gasteiger partial charge in [-0.05, 0) is 29.8 Å². The number of carbonyl (C=O) groups is 1. The first kappa shape index (κ1) is 16.8. The molecule has 0 saturated heterocycles. The van der Waals surface area contributed by atoms with Crippen LogP contribution in [0, 0.1) is 5.82 Å². The number of hydrogen-bond acceptors (Lipinski definition) is 1. The van der Waals surface area contributed by atoms with Crippen LogP contribution in [0.1, 0.15) is 11.1 Å². The SMILES string of the molecule is CN(Cc1cccc(F)c1)C(=O)Nc1ccccc1C(F)(F)F. The van der Waals surface area contributed by atoms with Gasteiger partial charge in [0.25, 0.3) is 0 Å². The van der Waals surface area contributed by atoms with Gasteiger partial charge < -0.3 is 10.2 Å². The van der Waals surface area contributed by atoms with Crippen molar-refractivity contribution >= 4 is 11.7 Å². The zero-order chi connectivity index (χ0) is 17.0. The lowest BCUT2D eigenvalue weighted by atomic mass is 10.1. The number of hydrogen-bond donors (Lipinski definition) is 1. The van der Waals surface area contributed by atoms with E-state index in [0.29, 0.717) is 5.56 Å². The van der Waals surface area contributed by atoms with E-state index in [0.717, 1.165) is 6.07 Å². The molecule has 0 heterocycles. The van der Waals surface area contributed by atoms with Crippen molar-refractivity contribution in [2.24, 2.45) is 0 Å². The maximum atomic E-state index is 13.1. The number of carbonyl (C=O) groups excluding carboxylic acids is 1. The van der Waals surface area contributed by atoms with Crippen LogP contribution in [-0.4, -0.2) is 18.0 Å². The topological polar surface area (TPSA) is 32.3 Å². The van der Waals surface area contributed by atoms with E-state index in [2.05, 4.69) is 5.32 Å². The molecule has 3 nitrogen and oxygen atoms in total. The second-order valence-electron chi connectivity index (χ2n) is 4.96. The van der Waals surface area contributed by atoms with E-state index in [1.807, 2.05) is 0 Å². The molecule has 122 valence electrons. The molecular formula is C16H14F4N2O. The number of para-hydroxylation sites is 1. The molecule has 0 unspecified atom stereocenters. The number of nitrogens with zero attached hydrogens (tertiary/aromatic N) is 1. The Bertz CT molecular complexity index is 700. The van der Waals surface area contributed by atoms with Crippen LogP contribution in [0.15, 0.2) is 48.5 Å². The quantitative estimate of drug-likeness (QED) is 0.827. The van der Waals surface area contributed by atoms with Crippen LogP contribution in [0.5, 0.6) is 0 Å². The summed E-state index contributed by atoms with van der Waals surface area (Å²) >= 11 is 0. The van der Waals surface area contributed by atoms with Gasteiger partial charge in [0, 0.05) is 13.6 Å². The molecule has 2 aromatic carbocycles. The second-order valence-corrected chi connectivity index (χ2v) is 4.96. The third kappa shape index (κ3) is 4.45. The minimum Gasteiger partial charge on any atom is -0.323 e. The van der Waals surface area contributed by atoms with Crippen LogP contribution in [0.4, 0.5) is 28.0 Å². The molecular weight excluding hydrogens is 312 g/mol. The van der Waals surface area contributed by atoms with Crippen molar-refractivity contribution in [2.45, 2.75) is 12.7 Å². The van der Waals surface area contributed by atoms with Gasteiger partial charge in [-0.25, -0.2) is 9.18 Å². The summed E-state index contributed by atoms with van der Waals surface area (Å²) in [6.07, 6.45) is -4.56. The molecule has 1 N–H and O–H groups in total. The van der Waals surface area contributed by atoms with Crippen molar-refractivity contribution in [3.8, 4) is 0 Å². The van der Waals surface area contributed by atoms with Gasteiger partial charge in [0.2, 0.25) is 0 Å². The molecule has 0 bridgehead atoms. The zero-order valence-corrected chi connectivity index (χ0v) is 12.2. The van der Waals surface area contributed by atoms with Gasteiger partial charge in [-0.3, -0.25) is 0 Å². The monoisotopic (exact) mass is 326 g/mol. The molecule has 2 rings (SSSR count). The van der Waals surface area contributed by atoms with E-state index >= 15 is 0 Å². The van der Waals surface area contributed by atoms with Crippen molar-refractivity contribution in [1.82, 2.24) is 4.90 Å². The van der Waals surface area contributed by atoms with E-state index in [1.165, 1.54) is 48.3 Å². The Labute approximate surface area is 130 Å². The van der Waals surface area contributed by atoms with Crippen LogP contribution in [0.3, 0.4) is 0 Å². The summed E-state index contributed by atoms with van der Waals surface area (Å²) in [5.41, 5.74) is -0.713. The van der Waals surface area contributed by atoms with Crippen molar-refractivity contribution in [3.63, 3.8) is 0 Å². The standard InChI is InChI=1S/C16H14F4N2O/c1-22(10-11-5-4-6-12(17)9-11)15(23)21-14-8-3-2-7-13(14)16(18,19)20/h2-9H,10H2,1H3,(H,21,23). The van der Waals surface area contributed by atoms with E-state index < -0.39 is 23.6 Å². The molecule has 23 heavy (non-hydrogen) atoms. The molecule has 2 aromatic rings. The molecule has 0 aliphatic rings. The first-order valence-corrected chi connectivity index (χ1v) is 6.70. The predicted octanol–water partition coefficient (Wildman–Crippen LogP) is 4.51. The Balaban J connectivity index is 2.10. The molecule has 2 amide bonds. The highest BCUT2D eigenvalue weighted by Gasteiger charge is 2.33. The lowest BCUT2D eigenvalue weighted by Gasteiger charge is -2.20. The molecule has 0 saturated carbocycles. The average Bonchev–Trinajstić information content (AvgIpc) is 2.46. The van der Waals surface area contributed by atoms with Crippen LogP contribution in [0.25, 0.3) is 0 Å². The molecule has 0 radical (unpaired) electrons. The second kappa shape index (κ2) is 6.68. The van der Waals surface area contributed by atoms with Gasteiger partial charge in [-0.2, -0.15) is 13.2 Å². The van der Waals surface area contributed by atoms with Gasteiger partial charge in [-0.15, -0.1) is 0 Å². The number of halogens is 4. The summed E-state index contributed by atoms with van der Waals surface area (Å²) in [4.78, 5) is 13.2. The van der Waals surface area contributed by atoms with Crippen LogP contribution >= 0.6 is 0 Å². The lowest BCUT2D eigenvalue weighted by molar-refractivity contribution is -0.136. The molecule has 0 fully saturated rings. The Morgan fingerprint density at radius 1 is 1.13 bits per heavy atom. The minimum atomic E-state index is -4.56. The van der Waals surface area contributed by atoms with Gasteiger partial charge in [0.1, 0.15) is 5.82 Å². The molecule has 7 heteroatoms. The first-order valence-electron chi connectivity index (χ1n) is 6.70. The Hall–Kier alpha value is -2.57. The number of amides is 2. The fraction of sp³-hybridized carbons (Fsp3) is 0.188. The van der Waals surface area contributed by atoms with E-state index in [9.17, 15) is 22.4 Å². The maximum absolute atomic E-state index is 13.1. The van der Waals surface area contributed by atoms with E-state index in [4.69, 9.17) is 0 Å². The molecule has 0 aliphatic heterocycles. The highest BCUT2D eigenvalue weighted by Crippen LogP contribution is 2.34. The lowest BCUT2D eigenvalue weighted by Crippen LogP contribution is -2.31. The van der Waals surface area contributed by atoms with Gasteiger partial charge in [0.15, 0.2) is 0 Å². The Kier molecular flexibility index (Phi) is 4.88. The van der Waals surface area contributed by atoms with Crippen LogP contribution in [-0.2, 0) is 12.7 Å². The number of alkyl halides is 3. The fourth-order valence-corrected chi connectivity index (χ4v) is 2.03. The molecule has 0 aromatic heterocycles. The summed E-state index contributed by atoms with van der Waals surface area (Å²) in [5, 5.41) is 2.22. The highest BCUT2D eigenvalue weighted by molar-refractivity contribution is 5.90. The number of anilines is 1. The normalized spacial score (nSPS) is 11.2. The third-order valence-corrected chi connectivity index (χ3v) is 3.13. The number of urea groups is 1. The number of nitrogens with one attached hydrogen (secondary N) is 1. The number of rotatable bonds is 3. The molecule has 0 atom stereocenters. The zero-order valence-electron chi connectivity index (χ0n) is 12.2. The first-order chi connectivity index (χ1) is 10.8. The average molecular weight is 326 g/mol. The Morgan fingerprint density at radius 3 is 2.48 bits per heavy atom. The summed E-state index contributed by atoms with van der Waals surface area (Å²) < 4.78 is 51.8. The van der Waals surface area contributed by atoms with E-state index in [1.54, 1.807) is 6.07 Å². The smallest absolute Gasteiger partial charge is 0.323 e. The summed E-state index contributed by atoms with van der Waals surface area (Å²) in [7, 11) is 1.41. The number of benzene rings is 2. The van der Waals surface area contributed by atoms with Crippen molar-refractivity contribution in [1.29, 1.82) is 0 Å². The van der Waals surface area contributed by atoms with E-state index in [-0.39, 0.29) is 12.2 Å². The molecule has 0 aliphatic carbocycles. The van der Waals surface area contributed by atoms with Gasteiger partial charge in [0.05, 0.1) is 11.3 Å². The van der Waals surface area contributed by atoms with Crippen LogP contribution < -0.4 is 5.32 Å². The van der Waals surface area contributed by atoms with Crippen molar-refractivity contribution < 1.29 is 22.4 Å². The Morgan fingerprint density at radius 2 is 1.83 bits per heavy atom. The molecule has 0 spiro atoms. The summed E-state index contributed by atoms with van der Waals surface area (Å²) in [5.74, 6) is -0.446. The third-order valence-electron chi connectivity index (χ3n) is 3.13. The minimum absolute atomic E-state index is 0.0672.